The van der Waals surface area contributed by atoms with Crippen LogP contribution in [0.3, 0.4) is 0 Å². The highest BCUT2D eigenvalue weighted by atomic mass is 35.5. The molecule has 2 aliphatic heterocycles. The zero-order chi connectivity index (χ0) is 27.6. The van der Waals surface area contributed by atoms with Crippen LogP contribution in [0.1, 0.15) is 31.1 Å². The van der Waals surface area contributed by atoms with Gasteiger partial charge in [-0.3, -0.25) is 9.69 Å². The molecule has 2 fully saturated rings. The number of ether oxygens (including phenoxy) is 2. The van der Waals surface area contributed by atoms with E-state index in [0.29, 0.717) is 53.0 Å². The fraction of sp³-hybridized carbons (Fsp3) is 0.423. The van der Waals surface area contributed by atoms with Gasteiger partial charge < -0.3 is 24.6 Å². The number of thiol groups is 1. The van der Waals surface area contributed by atoms with Gasteiger partial charge in [0.1, 0.15) is 17.5 Å². The minimum absolute atomic E-state index is 0.0727. The van der Waals surface area contributed by atoms with E-state index >= 15 is 4.39 Å². The van der Waals surface area contributed by atoms with Gasteiger partial charge in [0.2, 0.25) is 0 Å². The fourth-order valence-electron chi connectivity index (χ4n) is 4.21. The maximum atomic E-state index is 15.1. The number of piperazine rings is 1. The fourth-order valence-corrected chi connectivity index (χ4v) is 4.62. The van der Waals surface area contributed by atoms with Crippen LogP contribution in [0.25, 0.3) is 0 Å². The molecule has 1 atom stereocenters. The van der Waals surface area contributed by atoms with E-state index in [1.165, 1.54) is 17.0 Å². The molecule has 0 radical (unpaired) electrons. The molecule has 2 aliphatic rings. The van der Waals surface area contributed by atoms with E-state index in [0.717, 1.165) is 0 Å². The second-order valence-electron chi connectivity index (χ2n) is 10.1. The third kappa shape index (κ3) is 6.63. The lowest BCUT2D eigenvalue weighted by Crippen LogP contribution is -2.50. The summed E-state index contributed by atoms with van der Waals surface area (Å²) in [7, 11) is 0. The Labute approximate surface area is 231 Å². The van der Waals surface area contributed by atoms with E-state index in [4.69, 9.17) is 21.1 Å². The molecule has 2 saturated heterocycles. The summed E-state index contributed by atoms with van der Waals surface area (Å²) in [4.78, 5) is 42.5. The lowest BCUT2D eigenvalue weighted by atomic mass is 10.2. The van der Waals surface area contributed by atoms with Crippen LogP contribution in [-0.2, 0) is 9.47 Å². The Morgan fingerprint density at radius 3 is 2.53 bits per heavy atom. The van der Waals surface area contributed by atoms with E-state index in [1.807, 2.05) is 25.7 Å². The topological polar surface area (TPSA) is 91.4 Å². The second-order valence-corrected chi connectivity index (χ2v) is 11.0. The van der Waals surface area contributed by atoms with E-state index in [-0.39, 0.29) is 19.2 Å². The normalized spacial score (nSPS) is 17.9. The van der Waals surface area contributed by atoms with E-state index in [9.17, 15) is 14.4 Å². The van der Waals surface area contributed by atoms with Gasteiger partial charge in [-0.15, -0.1) is 12.6 Å². The van der Waals surface area contributed by atoms with Crippen molar-refractivity contribution in [2.45, 2.75) is 37.4 Å². The molecular weight excluding hydrogens is 535 g/mol. The second kappa shape index (κ2) is 11.3. The van der Waals surface area contributed by atoms with Crippen molar-refractivity contribution in [3.05, 3.63) is 52.8 Å². The predicted molar refractivity (Wildman–Crippen MR) is 145 cm³/mol. The predicted octanol–water partition coefficient (Wildman–Crippen LogP) is 4.58. The van der Waals surface area contributed by atoms with Crippen molar-refractivity contribution in [3.63, 3.8) is 0 Å². The Morgan fingerprint density at radius 1 is 1.16 bits per heavy atom. The molecule has 0 bridgehead atoms. The van der Waals surface area contributed by atoms with E-state index < -0.39 is 29.5 Å². The van der Waals surface area contributed by atoms with Crippen LogP contribution in [-0.4, -0.2) is 74.0 Å². The number of halogens is 2. The average Bonchev–Trinajstić information content (AvgIpc) is 3.23. The molecule has 38 heavy (non-hydrogen) atoms. The van der Waals surface area contributed by atoms with Gasteiger partial charge in [0.05, 0.1) is 30.0 Å². The zero-order valence-corrected chi connectivity index (χ0v) is 23.0. The molecule has 0 spiro atoms. The van der Waals surface area contributed by atoms with Crippen molar-refractivity contribution < 1.29 is 28.2 Å². The van der Waals surface area contributed by atoms with Crippen LogP contribution >= 0.6 is 24.2 Å². The first-order valence-electron chi connectivity index (χ1n) is 12.2. The van der Waals surface area contributed by atoms with Gasteiger partial charge in [0, 0.05) is 36.1 Å². The molecule has 3 amide bonds. The SMILES string of the molecule is CC(C)(C)OC(=O)N1CCN(c2ccc(N3C[C@H](CNC(=O)c4cc(Cl)ccc4S)OC3=O)cc2F)CC1. The first kappa shape index (κ1) is 27.8. The Morgan fingerprint density at radius 2 is 1.87 bits per heavy atom. The molecule has 12 heteroatoms. The van der Waals surface area contributed by atoms with Gasteiger partial charge in [0.25, 0.3) is 5.91 Å². The van der Waals surface area contributed by atoms with Crippen LogP contribution in [0.4, 0.5) is 25.4 Å². The number of cyclic esters (lactones) is 1. The number of carbonyl (C=O) groups is 3. The molecule has 0 saturated carbocycles. The van der Waals surface area contributed by atoms with Gasteiger partial charge in [-0.1, -0.05) is 11.6 Å². The summed E-state index contributed by atoms with van der Waals surface area (Å²) in [5, 5.41) is 3.13. The molecule has 0 aliphatic carbocycles. The standard InChI is InChI=1S/C26H30ClFN4O5S/c1-26(2,3)37-24(34)31-10-8-30(9-11-31)21-6-5-17(13-20(21)28)32-15-18(36-25(32)35)14-29-23(33)19-12-16(27)4-7-22(19)38/h4-7,12-13,18,38H,8-11,14-15H2,1-3H3,(H,29,33)/t18-/m0/s1. The molecule has 2 aromatic rings. The first-order valence-corrected chi connectivity index (χ1v) is 13.0. The molecule has 9 nitrogen and oxygen atoms in total. The summed E-state index contributed by atoms with van der Waals surface area (Å²) in [6.45, 7) is 7.37. The molecule has 1 N–H and O–H groups in total. The molecule has 2 aromatic carbocycles. The monoisotopic (exact) mass is 564 g/mol. The van der Waals surface area contributed by atoms with Crippen LogP contribution in [0.2, 0.25) is 5.02 Å². The largest absolute Gasteiger partial charge is 0.444 e. The van der Waals surface area contributed by atoms with Crippen molar-refractivity contribution in [2.24, 2.45) is 0 Å². The number of anilines is 2. The average molecular weight is 565 g/mol. The number of hydrogen-bond acceptors (Lipinski definition) is 7. The lowest BCUT2D eigenvalue weighted by molar-refractivity contribution is 0.0240. The summed E-state index contributed by atoms with van der Waals surface area (Å²) in [6, 6.07) is 9.32. The van der Waals surface area contributed by atoms with Crippen LogP contribution in [0.15, 0.2) is 41.3 Å². The minimum atomic E-state index is -0.625. The molecule has 0 unspecified atom stereocenters. The number of benzene rings is 2. The van der Waals surface area contributed by atoms with Gasteiger partial charge in [0.15, 0.2) is 0 Å². The Balaban J connectivity index is 1.33. The highest BCUT2D eigenvalue weighted by molar-refractivity contribution is 7.80. The number of carbonyl (C=O) groups excluding carboxylic acids is 3. The van der Waals surface area contributed by atoms with Crippen LogP contribution < -0.4 is 15.1 Å². The lowest BCUT2D eigenvalue weighted by Gasteiger charge is -2.37. The van der Waals surface area contributed by atoms with Gasteiger partial charge in [-0.25, -0.2) is 14.0 Å². The highest BCUT2D eigenvalue weighted by Gasteiger charge is 2.34. The summed E-state index contributed by atoms with van der Waals surface area (Å²) in [5.74, 6) is -0.880. The maximum absolute atomic E-state index is 15.1. The zero-order valence-electron chi connectivity index (χ0n) is 21.4. The van der Waals surface area contributed by atoms with Crippen molar-refractivity contribution >= 4 is 53.7 Å². The summed E-state index contributed by atoms with van der Waals surface area (Å²) < 4.78 is 25.9. The van der Waals surface area contributed by atoms with Gasteiger partial charge in [-0.05, 0) is 57.2 Å². The molecular formula is C26H30ClFN4O5S. The van der Waals surface area contributed by atoms with Crippen LogP contribution in [0, 0.1) is 5.82 Å². The number of amides is 3. The molecule has 2 heterocycles. The maximum Gasteiger partial charge on any atom is 0.414 e. The highest BCUT2D eigenvalue weighted by Crippen LogP contribution is 2.29. The smallest absolute Gasteiger partial charge is 0.414 e. The number of nitrogens with one attached hydrogen (secondary N) is 1. The Bertz CT molecular complexity index is 1230. The minimum Gasteiger partial charge on any atom is -0.444 e. The number of nitrogens with zero attached hydrogens (tertiary/aromatic N) is 3. The van der Waals surface area contributed by atoms with Gasteiger partial charge >= 0.3 is 12.2 Å². The third-order valence-corrected chi connectivity index (χ3v) is 6.71. The third-order valence-electron chi connectivity index (χ3n) is 6.08. The molecule has 4 rings (SSSR count). The number of hydrogen-bond donors (Lipinski definition) is 2. The van der Waals surface area contributed by atoms with Crippen molar-refractivity contribution in [3.8, 4) is 0 Å². The summed E-state index contributed by atoms with van der Waals surface area (Å²) >= 11 is 10.2. The number of rotatable bonds is 5. The summed E-state index contributed by atoms with van der Waals surface area (Å²) in [5.41, 5.74) is 0.471. The van der Waals surface area contributed by atoms with Gasteiger partial charge in [-0.2, -0.15) is 0 Å². The van der Waals surface area contributed by atoms with Crippen molar-refractivity contribution in [2.75, 3.05) is 49.1 Å². The molecule has 0 aromatic heterocycles. The quantitative estimate of drug-likeness (QED) is 0.517. The van der Waals surface area contributed by atoms with Crippen molar-refractivity contribution in [1.29, 1.82) is 0 Å². The van der Waals surface area contributed by atoms with E-state index in [1.54, 1.807) is 29.2 Å². The summed E-state index contributed by atoms with van der Waals surface area (Å²) in [6.07, 6.45) is -1.62. The van der Waals surface area contributed by atoms with Crippen molar-refractivity contribution in [1.82, 2.24) is 10.2 Å². The molecule has 204 valence electrons. The first-order chi connectivity index (χ1) is 17.9. The Kier molecular flexibility index (Phi) is 8.27. The Hall–Kier alpha value is -3.18. The van der Waals surface area contributed by atoms with Crippen LogP contribution in [0.5, 0.6) is 0 Å². The van der Waals surface area contributed by atoms with E-state index in [2.05, 4.69) is 17.9 Å².